The average molecular weight is 237 g/mol. The Labute approximate surface area is 99.6 Å². The predicted molar refractivity (Wildman–Crippen MR) is 64.4 cm³/mol. The van der Waals surface area contributed by atoms with E-state index in [-0.39, 0.29) is 5.97 Å². The highest BCUT2D eigenvalue weighted by molar-refractivity contribution is 8.00. The molecule has 1 atom stereocenters. The molecule has 0 aromatic carbocycles. The molecule has 4 heteroatoms. The molecule has 1 aliphatic carbocycles. The minimum absolute atomic E-state index is 0.159. The van der Waals surface area contributed by atoms with E-state index in [1.807, 2.05) is 12.3 Å². The van der Waals surface area contributed by atoms with Gasteiger partial charge in [-0.15, -0.1) is 11.8 Å². The molecule has 0 unspecified atom stereocenters. The van der Waals surface area contributed by atoms with Gasteiger partial charge < -0.3 is 4.74 Å². The largest absolute Gasteiger partial charge is 0.468 e. The van der Waals surface area contributed by atoms with Crippen LogP contribution in [0.5, 0.6) is 0 Å². The van der Waals surface area contributed by atoms with Crippen LogP contribution in [0.25, 0.3) is 0 Å². The molecule has 0 fully saturated rings. The van der Waals surface area contributed by atoms with Gasteiger partial charge in [0.2, 0.25) is 0 Å². The van der Waals surface area contributed by atoms with Crippen molar-refractivity contribution in [2.75, 3.05) is 12.9 Å². The van der Waals surface area contributed by atoms with Gasteiger partial charge in [-0.25, -0.2) is 0 Å². The Bertz CT molecular complexity index is 381. The summed E-state index contributed by atoms with van der Waals surface area (Å²) in [5.41, 5.74) is 2.48. The van der Waals surface area contributed by atoms with Gasteiger partial charge in [0.25, 0.3) is 0 Å². The zero-order valence-corrected chi connectivity index (χ0v) is 10.1. The molecule has 0 N–H and O–H groups in total. The molecule has 0 amide bonds. The molecule has 1 aliphatic rings. The van der Waals surface area contributed by atoms with Crippen molar-refractivity contribution in [1.29, 1.82) is 0 Å². The van der Waals surface area contributed by atoms with E-state index >= 15 is 0 Å². The number of aromatic nitrogens is 1. The normalized spacial score (nSPS) is 18.9. The fraction of sp³-hybridized carbons (Fsp3) is 0.500. The third-order valence-electron chi connectivity index (χ3n) is 2.77. The first kappa shape index (κ1) is 11.5. The number of carbonyl (C=O) groups is 1. The van der Waals surface area contributed by atoms with Crippen molar-refractivity contribution < 1.29 is 9.53 Å². The topological polar surface area (TPSA) is 39.2 Å². The maximum Gasteiger partial charge on any atom is 0.315 e. The van der Waals surface area contributed by atoms with E-state index in [0.717, 1.165) is 18.5 Å². The number of pyridine rings is 1. The summed E-state index contributed by atoms with van der Waals surface area (Å²) in [7, 11) is 1.43. The summed E-state index contributed by atoms with van der Waals surface area (Å²) in [4.78, 5) is 15.5. The minimum atomic E-state index is -0.159. The van der Waals surface area contributed by atoms with Gasteiger partial charge >= 0.3 is 5.97 Å². The molecule has 3 nitrogen and oxygen atoms in total. The Morgan fingerprint density at radius 1 is 1.69 bits per heavy atom. The molecule has 0 spiro atoms. The van der Waals surface area contributed by atoms with Gasteiger partial charge in [-0.2, -0.15) is 0 Å². The zero-order valence-electron chi connectivity index (χ0n) is 9.31. The number of hydrogen-bond donors (Lipinski definition) is 0. The van der Waals surface area contributed by atoms with E-state index in [1.165, 1.54) is 19.1 Å². The van der Waals surface area contributed by atoms with Crippen molar-refractivity contribution in [1.82, 2.24) is 4.98 Å². The monoisotopic (exact) mass is 237 g/mol. The van der Waals surface area contributed by atoms with Crippen LogP contribution >= 0.6 is 11.8 Å². The molecule has 0 radical (unpaired) electrons. The zero-order chi connectivity index (χ0) is 11.4. The molecule has 0 aliphatic heterocycles. The van der Waals surface area contributed by atoms with Crippen molar-refractivity contribution in [3.63, 3.8) is 0 Å². The number of methoxy groups -OCH3 is 1. The molecular weight excluding hydrogens is 222 g/mol. The third kappa shape index (κ3) is 2.55. The van der Waals surface area contributed by atoms with Gasteiger partial charge in [0.1, 0.15) is 0 Å². The molecule has 1 heterocycles. The maximum atomic E-state index is 11.1. The summed E-state index contributed by atoms with van der Waals surface area (Å²) in [6, 6.07) is 4.11. The SMILES string of the molecule is COC(=O)CS[C@H]1CCCc2cccnc21. The number of ether oxygens (including phenoxy) is 1. The lowest BCUT2D eigenvalue weighted by Crippen LogP contribution is -2.12. The molecule has 1 aromatic rings. The number of rotatable bonds is 3. The lowest BCUT2D eigenvalue weighted by atomic mass is 9.96. The first-order valence-electron chi connectivity index (χ1n) is 5.43. The lowest BCUT2D eigenvalue weighted by Gasteiger charge is -2.23. The van der Waals surface area contributed by atoms with Crippen LogP contribution in [0.1, 0.15) is 29.3 Å². The van der Waals surface area contributed by atoms with Crippen LogP contribution in [0.2, 0.25) is 0 Å². The number of hydrogen-bond acceptors (Lipinski definition) is 4. The van der Waals surface area contributed by atoms with Gasteiger partial charge in [0.05, 0.1) is 18.6 Å². The quantitative estimate of drug-likeness (QED) is 0.757. The van der Waals surface area contributed by atoms with Crippen LogP contribution in [0.4, 0.5) is 0 Å². The van der Waals surface area contributed by atoms with Gasteiger partial charge in [-0.1, -0.05) is 6.07 Å². The minimum Gasteiger partial charge on any atom is -0.468 e. The second kappa shape index (κ2) is 5.34. The summed E-state index contributed by atoms with van der Waals surface area (Å²) in [5.74, 6) is 0.255. The van der Waals surface area contributed by atoms with E-state index < -0.39 is 0 Å². The third-order valence-corrected chi connectivity index (χ3v) is 4.04. The standard InChI is InChI=1S/C12H15NO2S/c1-15-11(14)8-16-10-6-2-4-9-5-3-7-13-12(9)10/h3,5,7,10H,2,4,6,8H2,1H3/t10-/m0/s1. The summed E-state index contributed by atoms with van der Waals surface area (Å²) in [5, 5.41) is 0.351. The Kier molecular flexibility index (Phi) is 3.83. The molecule has 0 bridgehead atoms. The van der Waals surface area contributed by atoms with Crippen molar-refractivity contribution >= 4 is 17.7 Å². The highest BCUT2D eigenvalue weighted by atomic mass is 32.2. The van der Waals surface area contributed by atoms with E-state index in [0.29, 0.717) is 11.0 Å². The molecule has 1 aromatic heterocycles. The summed E-state index contributed by atoms with van der Waals surface area (Å²) < 4.78 is 4.65. The van der Waals surface area contributed by atoms with Crippen LogP contribution in [0.3, 0.4) is 0 Å². The Morgan fingerprint density at radius 3 is 3.38 bits per heavy atom. The molecule has 86 valence electrons. The average Bonchev–Trinajstić information content (AvgIpc) is 2.35. The van der Waals surface area contributed by atoms with Crippen LogP contribution in [-0.2, 0) is 16.0 Å². The summed E-state index contributed by atoms with van der Waals surface area (Å²) in [6.07, 6.45) is 5.22. The van der Waals surface area contributed by atoms with Gasteiger partial charge in [0.15, 0.2) is 0 Å². The first-order chi connectivity index (χ1) is 7.81. The fourth-order valence-electron chi connectivity index (χ4n) is 1.96. The number of carbonyl (C=O) groups excluding carboxylic acids is 1. The summed E-state index contributed by atoms with van der Waals surface area (Å²) in [6.45, 7) is 0. The number of aryl methyl sites for hydroxylation is 1. The number of fused-ring (bicyclic) bond motifs is 1. The molecule has 16 heavy (non-hydrogen) atoms. The van der Waals surface area contributed by atoms with Crippen molar-refractivity contribution in [3.05, 3.63) is 29.6 Å². The summed E-state index contributed by atoms with van der Waals surface area (Å²) >= 11 is 1.64. The Hall–Kier alpha value is -1.03. The van der Waals surface area contributed by atoms with Crippen LogP contribution in [-0.4, -0.2) is 23.8 Å². The van der Waals surface area contributed by atoms with Crippen molar-refractivity contribution in [3.8, 4) is 0 Å². The first-order valence-corrected chi connectivity index (χ1v) is 6.48. The lowest BCUT2D eigenvalue weighted by molar-refractivity contribution is -0.137. The highest BCUT2D eigenvalue weighted by Crippen LogP contribution is 2.38. The maximum absolute atomic E-state index is 11.1. The number of nitrogens with zero attached hydrogens (tertiary/aromatic N) is 1. The smallest absolute Gasteiger partial charge is 0.315 e. The number of esters is 1. The molecule has 2 rings (SSSR count). The fourth-order valence-corrected chi connectivity index (χ4v) is 3.12. The molecule has 0 saturated heterocycles. The van der Waals surface area contributed by atoms with E-state index in [2.05, 4.69) is 15.8 Å². The van der Waals surface area contributed by atoms with Gasteiger partial charge in [-0.05, 0) is 30.9 Å². The van der Waals surface area contributed by atoms with E-state index in [4.69, 9.17) is 0 Å². The van der Waals surface area contributed by atoms with Crippen molar-refractivity contribution in [2.24, 2.45) is 0 Å². The second-order valence-electron chi connectivity index (χ2n) is 3.82. The Balaban J connectivity index is 2.04. The van der Waals surface area contributed by atoms with Gasteiger partial charge in [-0.3, -0.25) is 9.78 Å². The second-order valence-corrected chi connectivity index (χ2v) is 5.01. The molecule has 0 saturated carbocycles. The highest BCUT2D eigenvalue weighted by Gasteiger charge is 2.22. The number of thioether (sulfide) groups is 1. The van der Waals surface area contributed by atoms with E-state index in [1.54, 1.807) is 11.8 Å². The van der Waals surface area contributed by atoms with Gasteiger partial charge in [0, 0.05) is 11.4 Å². The van der Waals surface area contributed by atoms with Crippen LogP contribution in [0, 0.1) is 0 Å². The van der Waals surface area contributed by atoms with Crippen molar-refractivity contribution in [2.45, 2.75) is 24.5 Å². The molecular formula is C12H15NO2S. The van der Waals surface area contributed by atoms with Crippen LogP contribution in [0.15, 0.2) is 18.3 Å². The Morgan fingerprint density at radius 2 is 2.56 bits per heavy atom. The van der Waals surface area contributed by atoms with Crippen LogP contribution < -0.4 is 0 Å². The van der Waals surface area contributed by atoms with E-state index in [9.17, 15) is 4.79 Å². The predicted octanol–water partition coefficient (Wildman–Crippen LogP) is 2.37.